The van der Waals surface area contributed by atoms with Gasteiger partial charge >= 0.3 is 11.7 Å². The third-order valence-electron chi connectivity index (χ3n) is 4.74. The zero-order valence-electron chi connectivity index (χ0n) is 15.2. The monoisotopic (exact) mass is 357 g/mol. The van der Waals surface area contributed by atoms with Crippen LogP contribution in [-0.4, -0.2) is 48.9 Å². The summed E-state index contributed by atoms with van der Waals surface area (Å²) in [6, 6.07) is 6.73. The Morgan fingerprint density at radius 3 is 2.54 bits per heavy atom. The van der Waals surface area contributed by atoms with Gasteiger partial charge < -0.3 is 19.5 Å². The van der Waals surface area contributed by atoms with E-state index in [4.69, 9.17) is 4.42 Å². The number of piperidine rings is 1. The number of carbonyl (C=O) groups is 2. The molecule has 0 bridgehead atoms. The van der Waals surface area contributed by atoms with Gasteiger partial charge in [-0.05, 0) is 37.5 Å². The number of benzene rings is 1. The lowest BCUT2D eigenvalue weighted by molar-refractivity contribution is -0.121. The van der Waals surface area contributed by atoms with Gasteiger partial charge in [-0.2, -0.15) is 0 Å². The molecule has 0 spiro atoms. The predicted octanol–water partition coefficient (Wildman–Crippen LogP) is 2.43. The number of hydrogen-bond acceptors (Lipinski definition) is 4. The van der Waals surface area contributed by atoms with Crippen molar-refractivity contribution < 1.29 is 14.0 Å². The summed E-state index contributed by atoms with van der Waals surface area (Å²) in [5, 5.41) is 3.74. The third kappa shape index (κ3) is 3.71. The summed E-state index contributed by atoms with van der Waals surface area (Å²) < 4.78 is 5.22. The lowest BCUT2D eigenvalue weighted by atomic mass is 9.96. The predicted molar refractivity (Wildman–Crippen MR) is 99.2 cm³/mol. The Labute approximate surface area is 151 Å². The number of likely N-dealkylation sites (tertiary alicyclic amines) is 1. The molecule has 138 valence electrons. The van der Waals surface area contributed by atoms with Gasteiger partial charge in [0.05, 0.1) is 0 Å². The van der Waals surface area contributed by atoms with Gasteiger partial charge in [0.15, 0.2) is 0 Å². The van der Waals surface area contributed by atoms with E-state index in [0.29, 0.717) is 37.2 Å². The maximum Gasteiger partial charge on any atom is 0.336 e. The quantitative estimate of drug-likeness (QED) is 0.837. The van der Waals surface area contributed by atoms with E-state index in [1.54, 1.807) is 36.0 Å². The molecule has 7 heteroatoms. The molecular formula is C19H23N3O4. The molecule has 0 atom stereocenters. The van der Waals surface area contributed by atoms with Crippen molar-refractivity contribution >= 4 is 28.6 Å². The Kier molecular flexibility index (Phi) is 4.97. The van der Waals surface area contributed by atoms with Crippen molar-refractivity contribution in [2.75, 3.05) is 32.5 Å². The Hall–Kier alpha value is -2.83. The maximum absolute atomic E-state index is 12.5. The van der Waals surface area contributed by atoms with Crippen molar-refractivity contribution in [3.63, 3.8) is 0 Å². The van der Waals surface area contributed by atoms with E-state index in [1.165, 1.54) is 6.07 Å². The van der Waals surface area contributed by atoms with E-state index in [0.717, 1.165) is 10.9 Å². The van der Waals surface area contributed by atoms with E-state index >= 15 is 0 Å². The maximum atomic E-state index is 12.5. The van der Waals surface area contributed by atoms with E-state index in [2.05, 4.69) is 5.32 Å². The van der Waals surface area contributed by atoms with E-state index in [-0.39, 0.29) is 17.9 Å². The number of amides is 3. The lowest BCUT2D eigenvalue weighted by Gasteiger charge is -2.33. The van der Waals surface area contributed by atoms with Gasteiger partial charge in [-0.25, -0.2) is 9.59 Å². The Morgan fingerprint density at radius 2 is 1.88 bits per heavy atom. The summed E-state index contributed by atoms with van der Waals surface area (Å²) in [6.45, 7) is 2.99. The van der Waals surface area contributed by atoms with Gasteiger partial charge in [-0.15, -0.1) is 0 Å². The highest BCUT2D eigenvalue weighted by molar-refractivity contribution is 5.95. The molecule has 1 aromatic carbocycles. The molecule has 1 aliphatic heterocycles. The fourth-order valence-electron chi connectivity index (χ4n) is 3.26. The number of fused-ring (bicyclic) bond motifs is 1. The molecule has 26 heavy (non-hydrogen) atoms. The summed E-state index contributed by atoms with van der Waals surface area (Å²) in [6.07, 6.45) is 1.26. The topological polar surface area (TPSA) is 82.9 Å². The first-order valence-corrected chi connectivity index (χ1v) is 8.67. The third-order valence-corrected chi connectivity index (χ3v) is 4.74. The molecule has 1 N–H and O–H groups in total. The molecule has 1 aromatic heterocycles. The summed E-state index contributed by atoms with van der Waals surface area (Å²) >= 11 is 0. The molecule has 0 aliphatic carbocycles. The minimum Gasteiger partial charge on any atom is -0.423 e. The van der Waals surface area contributed by atoms with Crippen LogP contribution in [0, 0.1) is 12.8 Å². The minimum atomic E-state index is -0.406. The van der Waals surface area contributed by atoms with Crippen LogP contribution in [0.4, 0.5) is 10.5 Å². The number of nitrogens with zero attached hydrogens (tertiary/aromatic N) is 2. The number of urea groups is 1. The number of carbonyl (C=O) groups excluding carboxylic acids is 2. The number of hydrogen-bond donors (Lipinski definition) is 1. The van der Waals surface area contributed by atoms with Crippen molar-refractivity contribution in [1.29, 1.82) is 0 Å². The highest BCUT2D eigenvalue weighted by Crippen LogP contribution is 2.23. The van der Waals surface area contributed by atoms with Gasteiger partial charge in [0.25, 0.3) is 0 Å². The average Bonchev–Trinajstić information content (AvgIpc) is 2.60. The second-order valence-corrected chi connectivity index (χ2v) is 6.89. The van der Waals surface area contributed by atoms with Crippen molar-refractivity contribution in [3.05, 3.63) is 40.2 Å². The first-order valence-electron chi connectivity index (χ1n) is 8.67. The lowest BCUT2D eigenvalue weighted by Crippen LogP contribution is -2.45. The molecule has 2 heterocycles. The molecule has 3 amide bonds. The zero-order chi connectivity index (χ0) is 18.8. The molecule has 7 nitrogen and oxygen atoms in total. The largest absolute Gasteiger partial charge is 0.423 e. The molecule has 2 aromatic rings. The van der Waals surface area contributed by atoms with Crippen LogP contribution in [0.5, 0.6) is 0 Å². The SMILES string of the molecule is Cc1cc(=O)oc2cc(NC(=O)C3CCN(C(=O)N(C)C)CC3)ccc12. The zero-order valence-corrected chi connectivity index (χ0v) is 15.2. The van der Waals surface area contributed by atoms with Crippen molar-refractivity contribution in [3.8, 4) is 0 Å². The highest BCUT2D eigenvalue weighted by Gasteiger charge is 2.28. The van der Waals surface area contributed by atoms with Crippen LogP contribution in [0.15, 0.2) is 33.5 Å². The van der Waals surface area contributed by atoms with Crippen molar-refractivity contribution in [1.82, 2.24) is 9.80 Å². The normalized spacial score (nSPS) is 15.1. The Morgan fingerprint density at radius 1 is 1.19 bits per heavy atom. The second kappa shape index (κ2) is 7.19. The van der Waals surface area contributed by atoms with Crippen LogP contribution in [0.2, 0.25) is 0 Å². The van der Waals surface area contributed by atoms with Crippen LogP contribution in [0.25, 0.3) is 11.0 Å². The molecular weight excluding hydrogens is 334 g/mol. The van der Waals surface area contributed by atoms with Gasteiger partial charge in [0.1, 0.15) is 5.58 Å². The molecule has 3 rings (SSSR count). The number of anilines is 1. The van der Waals surface area contributed by atoms with Crippen LogP contribution >= 0.6 is 0 Å². The van der Waals surface area contributed by atoms with Crippen LogP contribution < -0.4 is 10.9 Å². The fraction of sp³-hybridized carbons (Fsp3) is 0.421. The van der Waals surface area contributed by atoms with Gasteiger partial charge in [0, 0.05) is 56.3 Å². The smallest absolute Gasteiger partial charge is 0.336 e. The van der Waals surface area contributed by atoms with Crippen LogP contribution in [-0.2, 0) is 4.79 Å². The van der Waals surface area contributed by atoms with Gasteiger partial charge in [-0.3, -0.25) is 4.79 Å². The van der Waals surface area contributed by atoms with Gasteiger partial charge in [0.2, 0.25) is 5.91 Å². The standard InChI is InChI=1S/C19H23N3O4/c1-12-10-17(23)26-16-11-14(4-5-15(12)16)20-18(24)13-6-8-22(9-7-13)19(25)21(2)3/h4-5,10-11,13H,6-9H2,1-3H3,(H,20,24). The number of rotatable bonds is 2. The Bertz CT molecular complexity index is 895. The first-order chi connectivity index (χ1) is 12.3. The van der Waals surface area contributed by atoms with Gasteiger partial charge in [-0.1, -0.05) is 0 Å². The average molecular weight is 357 g/mol. The Balaban J connectivity index is 1.66. The molecule has 1 aliphatic rings. The van der Waals surface area contributed by atoms with Crippen molar-refractivity contribution in [2.45, 2.75) is 19.8 Å². The summed E-state index contributed by atoms with van der Waals surface area (Å²) in [4.78, 5) is 39.3. The summed E-state index contributed by atoms with van der Waals surface area (Å²) in [5.74, 6) is -0.210. The first kappa shape index (κ1) is 18.0. The summed E-state index contributed by atoms with van der Waals surface area (Å²) in [5.41, 5.74) is 1.49. The minimum absolute atomic E-state index is 0.0243. The highest BCUT2D eigenvalue weighted by atomic mass is 16.4. The number of nitrogens with one attached hydrogen (secondary N) is 1. The second-order valence-electron chi connectivity index (χ2n) is 6.89. The van der Waals surface area contributed by atoms with E-state index < -0.39 is 5.63 Å². The van der Waals surface area contributed by atoms with Crippen LogP contribution in [0.3, 0.4) is 0 Å². The van der Waals surface area contributed by atoms with Crippen LogP contribution in [0.1, 0.15) is 18.4 Å². The van der Waals surface area contributed by atoms with E-state index in [1.807, 2.05) is 13.0 Å². The molecule has 0 saturated carbocycles. The number of aryl methyl sites for hydroxylation is 1. The van der Waals surface area contributed by atoms with E-state index in [9.17, 15) is 14.4 Å². The molecule has 0 radical (unpaired) electrons. The summed E-state index contributed by atoms with van der Waals surface area (Å²) in [7, 11) is 3.45. The molecule has 0 unspecified atom stereocenters. The van der Waals surface area contributed by atoms with Crippen molar-refractivity contribution in [2.24, 2.45) is 5.92 Å². The fourth-order valence-corrected chi connectivity index (χ4v) is 3.26. The molecule has 1 fully saturated rings. The molecule has 1 saturated heterocycles.